The van der Waals surface area contributed by atoms with Crippen LogP contribution in [0.4, 0.5) is 10.1 Å². The zero-order valence-electron chi connectivity index (χ0n) is 13.0. The van der Waals surface area contributed by atoms with Crippen LogP contribution >= 0.6 is 11.6 Å². The molecule has 124 valence electrons. The lowest BCUT2D eigenvalue weighted by Gasteiger charge is -2.35. The third-order valence-electron chi connectivity index (χ3n) is 4.13. The largest absolute Gasteiger partial charge is 0.269 e. The molecule has 0 aliphatic carbocycles. The van der Waals surface area contributed by atoms with E-state index in [1.54, 1.807) is 14.0 Å². The first-order chi connectivity index (χ1) is 10.7. The minimum absolute atomic E-state index is 0.00527. The highest BCUT2D eigenvalue weighted by atomic mass is 35.5. The summed E-state index contributed by atoms with van der Waals surface area (Å²) in [5, 5.41) is 4.16. The molecule has 1 aromatic carbocycles. The van der Waals surface area contributed by atoms with Crippen molar-refractivity contribution in [2.24, 2.45) is 7.05 Å². The monoisotopic (exact) mass is 357 g/mol. The first-order valence-electron chi connectivity index (χ1n) is 7.25. The lowest BCUT2D eigenvalue weighted by molar-refractivity contribution is 0.559. The van der Waals surface area contributed by atoms with Crippen molar-refractivity contribution in [2.75, 3.05) is 4.31 Å². The molecule has 5 nitrogen and oxygen atoms in total. The van der Waals surface area contributed by atoms with Gasteiger partial charge in [0, 0.05) is 13.1 Å². The Kier molecular flexibility index (Phi) is 3.88. The Labute approximate surface area is 139 Å². The van der Waals surface area contributed by atoms with Crippen molar-refractivity contribution in [3.05, 3.63) is 40.4 Å². The van der Waals surface area contributed by atoms with E-state index in [0.717, 1.165) is 0 Å². The Bertz CT molecular complexity index is 879. The summed E-state index contributed by atoms with van der Waals surface area (Å²) in [6.45, 7) is 3.45. The van der Waals surface area contributed by atoms with Gasteiger partial charge in [0.05, 0.1) is 11.4 Å². The maximum atomic E-state index is 13.5. The van der Waals surface area contributed by atoms with Crippen LogP contribution in [0.5, 0.6) is 0 Å². The Morgan fingerprint density at radius 2 is 2.09 bits per heavy atom. The lowest BCUT2D eigenvalue weighted by atomic mass is 9.99. The molecule has 1 aliphatic rings. The molecule has 3 rings (SSSR count). The van der Waals surface area contributed by atoms with Gasteiger partial charge in [0.2, 0.25) is 0 Å². The fourth-order valence-electron chi connectivity index (χ4n) is 3.06. The summed E-state index contributed by atoms with van der Waals surface area (Å²) in [5.74, 6) is -0.369. The van der Waals surface area contributed by atoms with E-state index in [0.29, 0.717) is 29.8 Å². The van der Waals surface area contributed by atoms with Gasteiger partial charge in [-0.3, -0.25) is 8.99 Å². The highest BCUT2D eigenvalue weighted by Gasteiger charge is 2.37. The maximum absolute atomic E-state index is 13.5. The molecule has 0 amide bonds. The Balaban J connectivity index is 2.21. The zero-order chi connectivity index (χ0) is 16.9. The molecule has 1 aromatic heterocycles. The van der Waals surface area contributed by atoms with Gasteiger partial charge in [-0.1, -0.05) is 11.6 Å². The standard InChI is InChI=1S/C15H17ClFN3O2S/c1-9-4-5-11-8-12(17)6-7-13(11)20(9)23(21,22)14-10(2)18-19(3)15(14)16/h6-9H,4-5H2,1-3H3. The van der Waals surface area contributed by atoms with Gasteiger partial charge in [0.1, 0.15) is 15.9 Å². The highest BCUT2D eigenvalue weighted by molar-refractivity contribution is 7.93. The van der Waals surface area contributed by atoms with Crippen molar-refractivity contribution in [1.82, 2.24) is 9.78 Å². The quantitative estimate of drug-likeness (QED) is 0.830. The Hall–Kier alpha value is -1.60. The number of aromatic nitrogens is 2. The van der Waals surface area contributed by atoms with Crippen LogP contribution in [0.2, 0.25) is 5.15 Å². The third-order valence-corrected chi connectivity index (χ3v) is 6.75. The molecule has 0 fully saturated rings. The number of anilines is 1. The Morgan fingerprint density at radius 1 is 1.39 bits per heavy atom. The van der Waals surface area contributed by atoms with E-state index in [2.05, 4.69) is 5.10 Å². The number of rotatable bonds is 2. The molecule has 1 atom stereocenters. The third kappa shape index (κ3) is 2.52. The van der Waals surface area contributed by atoms with E-state index < -0.39 is 10.0 Å². The van der Waals surface area contributed by atoms with Gasteiger partial charge in [0.15, 0.2) is 0 Å². The molecule has 2 heterocycles. The number of nitrogens with zero attached hydrogens (tertiary/aromatic N) is 3. The van der Waals surface area contributed by atoms with E-state index in [-0.39, 0.29) is 21.9 Å². The molecule has 1 unspecified atom stereocenters. The van der Waals surface area contributed by atoms with Crippen LogP contribution in [-0.2, 0) is 23.5 Å². The van der Waals surface area contributed by atoms with E-state index in [4.69, 9.17) is 11.6 Å². The van der Waals surface area contributed by atoms with Gasteiger partial charge >= 0.3 is 0 Å². The summed E-state index contributed by atoms with van der Waals surface area (Å²) in [4.78, 5) is 0.00527. The van der Waals surface area contributed by atoms with Gasteiger partial charge in [0.25, 0.3) is 10.0 Å². The summed E-state index contributed by atoms with van der Waals surface area (Å²) in [5.41, 5.74) is 1.53. The first kappa shape index (κ1) is 16.3. The molecule has 0 saturated carbocycles. The molecule has 8 heteroatoms. The number of hydrogen-bond acceptors (Lipinski definition) is 3. The molecule has 0 bridgehead atoms. The molecule has 2 aromatic rings. The zero-order valence-corrected chi connectivity index (χ0v) is 14.6. The summed E-state index contributed by atoms with van der Waals surface area (Å²) in [6, 6.07) is 3.93. The van der Waals surface area contributed by atoms with E-state index >= 15 is 0 Å². The lowest BCUT2D eigenvalue weighted by Crippen LogP contribution is -2.42. The van der Waals surface area contributed by atoms with Gasteiger partial charge < -0.3 is 0 Å². The molecule has 0 spiro atoms. The number of aryl methyl sites for hydroxylation is 3. The van der Waals surface area contributed by atoms with Crippen LogP contribution in [0.1, 0.15) is 24.6 Å². The molecular weight excluding hydrogens is 341 g/mol. The molecule has 0 saturated heterocycles. The highest BCUT2D eigenvalue weighted by Crippen LogP contribution is 2.38. The normalized spacial score (nSPS) is 18.1. The summed E-state index contributed by atoms with van der Waals surface area (Å²) >= 11 is 6.15. The fourth-order valence-corrected chi connectivity index (χ4v) is 5.50. The SMILES string of the molecule is Cc1nn(C)c(Cl)c1S(=O)(=O)N1c2ccc(F)cc2CCC1C. The van der Waals surface area contributed by atoms with Crippen molar-refractivity contribution < 1.29 is 12.8 Å². The topological polar surface area (TPSA) is 55.2 Å². The smallest absolute Gasteiger partial charge is 0.263 e. The van der Waals surface area contributed by atoms with Crippen LogP contribution in [0.15, 0.2) is 23.1 Å². The van der Waals surface area contributed by atoms with Crippen molar-refractivity contribution in [1.29, 1.82) is 0 Å². The minimum Gasteiger partial charge on any atom is -0.263 e. The van der Waals surface area contributed by atoms with Gasteiger partial charge in [-0.2, -0.15) is 5.10 Å². The van der Waals surface area contributed by atoms with Crippen molar-refractivity contribution in [3.63, 3.8) is 0 Å². The average molecular weight is 358 g/mol. The molecule has 0 N–H and O–H groups in total. The van der Waals surface area contributed by atoms with Gasteiger partial charge in [-0.05, 0) is 50.5 Å². The second-order valence-corrected chi connectivity index (χ2v) is 7.90. The van der Waals surface area contributed by atoms with Crippen molar-refractivity contribution in [3.8, 4) is 0 Å². The van der Waals surface area contributed by atoms with Gasteiger partial charge in [-0.15, -0.1) is 0 Å². The fraction of sp³-hybridized carbons (Fsp3) is 0.400. The molecule has 1 aliphatic heterocycles. The van der Waals surface area contributed by atoms with E-state index in [1.807, 2.05) is 6.92 Å². The summed E-state index contributed by atoms with van der Waals surface area (Å²) < 4.78 is 42.5. The second-order valence-electron chi connectivity index (χ2n) is 5.79. The summed E-state index contributed by atoms with van der Waals surface area (Å²) in [6.07, 6.45) is 1.26. The van der Waals surface area contributed by atoms with Crippen LogP contribution < -0.4 is 4.31 Å². The average Bonchev–Trinajstić information content (AvgIpc) is 2.72. The summed E-state index contributed by atoms with van der Waals surface area (Å²) in [7, 11) is -2.29. The van der Waals surface area contributed by atoms with Crippen molar-refractivity contribution in [2.45, 2.75) is 37.6 Å². The van der Waals surface area contributed by atoms with E-state index in [9.17, 15) is 12.8 Å². The number of sulfonamides is 1. The maximum Gasteiger partial charge on any atom is 0.269 e. The number of fused-ring (bicyclic) bond motifs is 1. The number of hydrogen-bond donors (Lipinski definition) is 0. The Morgan fingerprint density at radius 3 is 2.70 bits per heavy atom. The molecule has 0 radical (unpaired) electrons. The van der Waals surface area contributed by atoms with Gasteiger partial charge in [-0.25, -0.2) is 12.8 Å². The number of halogens is 2. The molecule has 23 heavy (non-hydrogen) atoms. The second kappa shape index (κ2) is 5.49. The van der Waals surface area contributed by atoms with Crippen LogP contribution in [0.3, 0.4) is 0 Å². The van der Waals surface area contributed by atoms with Crippen LogP contribution in [0.25, 0.3) is 0 Å². The van der Waals surface area contributed by atoms with Crippen LogP contribution in [0, 0.1) is 12.7 Å². The van der Waals surface area contributed by atoms with E-state index in [1.165, 1.54) is 27.2 Å². The minimum atomic E-state index is -3.88. The predicted molar refractivity (Wildman–Crippen MR) is 86.8 cm³/mol. The first-order valence-corrected chi connectivity index (χ1v) is 9.07. The predicted octanol–water partition coefficient (Wildman–Crippen LogP) is 3.05. The van der Waals surface area contributed by atoms with Crippen LogP contribution in [-0.4, -0.2) is 24.2 Å². The van der Waals surface area contributed by atoms with Crippen molar-refractivity contribution >= 4 is 27.3 Å². The molecular formula is C15H17ClFN3O2S. The number of benzene rings is 1.